The number of para-hydroxylation sites is 2. The summed E-state index contributed by atoms with van der Waals surface area (Å²) in [4.78, 5) is 13.2. The number of benzene rings is 6. The van der Waals surface area contributed by atoms with E-state index >= 15 is 0 Å². The molecule has 3 heteroatoms. The average Bonchev–Trinajstić information content (AvgIpc) is 3.03. The van der Waals surface area contributed by atoms with E-state index in [1.807, 2.05) is 109 Å². The molecule has 3 nitrogen and oxygen atoms in total. The highest BCUT2D eigenvalue weighted by atomic mass is 16.5. The van der Waals surface area contributed by atoms with Crippen LogP contribution in [0.4, 0.5) is 0 Å². The lowest BCUT2D eigenvalue weighted by Gasteiger charge is -2.12. The monoisotopic (exact) mass is 518 g/mol. The number of ether oxygens (including phenoxy) is 2. The van der Waals surface area contributed by atoms with Crippen LogP contribution in [0.5, 0.6) is 23.0 Å². The number of ketones is 1. The SMILES string of the molecule is O=C(c1ccc(Oc2ccccc2-c2ccccc2)cc1)c1ccc(Oc2ccccc2-c2ccccc2)cc1. The number of carbonyl (C=O) groups excluding carboxylic acids is 1. The molecular formula is C37H26O3. The molecule has 0 saturated carbocycles. The molecular weight excluding hydrogens is 492 g/mol. The molecule has 0 fully saturated rings. The fourth-order valence-electron chi connectivity index (χ4n) is 4.59. The topological polar surface area (TPSA) is 35.5 Å². The van der Waals surface area contributed by atoms with Gasteiger partial charge in [-0.25, -0.2) is 0 Å². The first-order valence-electron chi connectivity index (χ1n) is 13.1. The summed E-state index contributed by atoms with van der Waals surface area (Å²) >= 11 is 0. The van der Waals surface area contributed by atoms with E-state index in [0.717, 1.165) is 33.8 Å². The average molecular weight is 519 g/mol. The van der Waals surface area contributed by atoms with Gasteiger partial charge in [0.25, 0.3) is 0 Å². The van der Waals surface area contributed by atoms with Crippen LogP contribution in [0.1, 0.15) is 15.9 Å². The smallest absolute Gasteiger partial charge is 0.193 e. The molecule has 40 heavy (non-hydrogen) atoms. The lowest BCUT2D eigenvalue weighted by Crippen LogP contribution is -2.01. The molecule has 0 N–H and O–H groups in total. The summed E-state index contributed by atoms with van der Waals surface area (Å²) in [5.74, 6) is 2.79. The minimum Gasteiger partial charge on any atom is -0.457 e. The maximum absolute atomic E-state index is 13.2. The summed E-state index contributed by atoms with van der Waals surface area (Å²) in [6.07, 6.45) is 0. The number of rotatable bonds is 8. The molecule has 0 radical (unpaired) electrons. The highest BCUT2D eigenvalue weighted by molar-refractivity contribution is 6.09. The Morgan fingerprint density at radius 3 is 1.12 bits per heavy atom. The van der Waals surface area contributed by atoms with E-state index in [9.17, 15) is 4.79 Å². The van der Waals surface area contributed by atoms with E-state index in [1.165, 1.54) is 0 Å². The highest BCUT2D eigenvalue weighted by Crippen LogP contribution is 2.34. The van der Waals surface area contributed by atoms with Crippen LogP contribution >= 0.6 is 0 Å². The van der Waals surface area contributed by atoms with Crippen molar-refractivity contribution in [1.82, 2.24) is 0 Å². The van der Waals surface area contributed by atoms with Gasteiger partial charge >= 0.3 is 0 Å². The van der Waals surface area contributed by atoms with Crippen molar-refractivity contribution >= 4 is 5.78 Å². The van der Waals surface area contributed by atoms with Crippen molar-refractivity contribution in [2.45, 2.75) is 0 Å². The van der Waals surface area contributed by atoms with Crippen LogP contribution in [0.2, 0.25) is 0 Å². The van der Waals surface area contributed by atoms with Crippen LogP contribution in [-0.4, -0.2) is 5.78 Å². The Hall–Kier alpha value is -5.41. The second kappa shape index (κ2) is 11.5. The van der Waals surface area contributed by atoms with Gasteiger partial charge in [0.05, 0.1) is 0 Å². The van der Waals surface area contributed by atoms with E-state index < -0.39 is 0 Å². The Bertz CT molecular complexity index is 1590. The minimum atomic E-state index is -0.0625. The highest BCUT2D eigenvalue weighted by Gasteiger charge is 2.12. The van der Waals surface area contributed by atoms with E-state index in [1.54, 1.807) is 24.3 Å². The fraction of sp³-hybridized carbons (Fsp3) is 0. The van der Waals surface area contributed by atoms with Gasteiger partial charge in [-0.2, -0.15) is 0 Å². The van der Waals surface area contributed by atoms with Gasteiger partial charge in [0.1, 0.15) is 23.0 Å². The molecule has 0 aromatic heterocycles. The largest absolute Gasteiger partial charge is 0.457 e. The predicted molar refractivity (Wildman–Crippen MR) is 160 cm³/mol. The molecule has 0 heterocycles. The molecule has 0 aliphatic rings. The van der Waals surface area contributed by atoms with Crippen LogP contribution in [0.15, 0.2) is 158 Å². The molecule has 6 aromatic carbocycles. The summed E-state index contributed by atoms with van der Waals surface area (Å²) in [6, 6.07) is 50.6. The zero-order chi connectivity index (χ0) is 27.1. The van der Waals surface area contributed by atoms with Crippen LogP contribution in [0, 0.1) is 0 Å². The third-order valence-corrected chi connectivity index (χ3v) is 6.63. The number of hydrogen-bond acceptors (Lipinski definition) is 3. The lowest BCUT2D eigenvalue weighted by molar-refractivity contribution is 0.103. The fourth-order valence-corrected chi connectivity index (χ4v) is 4.59. The van der Waals surface area contributed by atoms with E-state index in [2.05, 4.69) is 24.3 Å². The third kappa shape index (κ3) is 5.54. The number of hydrogen-bond donors (Lipinski definition) is 0. The minimum absolute atomic E-state index is 0.0625. The molecule has 192 valence electrons. The Morgan fingerprint density at radius 1 is 0.375 bits per heavy atom. The second-order valence-corrected chi connectivity index (χ2v) is 9.31. The number of carbonyl (C=O) groups is 1. The molecule has 0 unspecified atom stereocenters. The molecule has 0 atom stereocenters. The summed E-state index contributed by atoms with van der Waals surface area (Å²) in [7, 11) is 0. The van der Waals surface area contributed by atoms with Crippen molar-refractivity contribution in [2.75, 3.05) is 0 Å². The van der Waals surface area contributed by atoms with E-state index in [0.29, 0.717) is 22.6 Å². The van der Waals surface area contributed by atoms with Gasteiger partial charge in [-0.15, -0.1) is 0 Å². The van der Waals surface area contributed by atoms with Crippen molar-refractivity contribution in [3.05, 3.63) is 169 Å². The lowest BCUT2D eigenvalue weighted by atomic mass is 10.0. The first-order valence-corrected chi connectivity index (χ1v) is 13.1. The van der Waals surface area contributed by atoms with Gasteiger partial charge in [-0.05, 0) is 71.8 Å². The quantitative estimate of drug-likeness (QED) is 0.188. The molecule has 0 saturated heterocycles. The summed E-state index contributed by atoms with van der Waals surface area (Å²) in [5, 5.41) is 0. The Labute approximate surface area is 233 Å². The zero-order valence-electron chi connectivity index (χ0n) is 21.7. The van der Waals surface area contributed by atoms with Gasteiger partial charge in [-0.1, -0.05) is 97.1 Å². The van der Waals surface area contributed by atoms with Gasteiger partial charge in [0.15, 0.2) is 5.78 Å². The van der Waals surface area contributed by atoms with Gasteiger partial charge < -0.3 is 9.47 Å². The Balaban J connectivity index is 1.15. The molecule has 0 aliphatic carbocycles. The summed E-state index contributed by atoms with van der Waals surface area (Å²) in [6.45, 7) is 0. The normalized spacial score (nSPS) is 10.6. The molecule has 0 aliphatic heterocycles. The molecule has 0 amide bonds. The third-order valence-electron chi connectivity index (χ3n) is 6.63. The molecule has 0 bridgehead atoms. The van der Waals surface area contributed by atoms with Gasteiger partial charge in [0, 0.05) is 22.3 Å². The molecule has 6 rings (SSSR count). The summed E-state index contributed by atoms with van der Waals surface area (Å²) in [5.41, 5.74) is 5.37. The maximum atomic E-state index is 13.2. The molecule has 0 spiro atoms. The van der Waals surface area contributed by atoms with Crippen molar-refractivity contribution < 1.29 is 14.3 Å². The predicted octanol–water partition coefficient (Wildman–Crippen LogP) is 9.84. The summed E-state index contributed by atoms with van der Waals surface area (Å²) < 4.78 is 12.4. The van der Waals surface area contributed by atoms with Crippen molar-refractivity contribution in [3.8, 4) is 45.3 Å². The first-order chi connectivity index (χ1) is 19.7. The Kier molecular flexibility index (Phi) is 7.19. The Morgan fingerprint density at radius 2 is 0.725 bits per heavy atom. The van der Waals surface area contributed by atoms with Gasteiger partial charge in [0.2, 0.25) is 0 Å². The van der Waals surface area contributed by atoms with Crippen molar-refractivity contribution in [1.29, 1.82) is 0 Å². The van der Waals surface area contributed by atoms with Crippen LogP contribution in [-0.2, 0) is 0 Å². The zero-order valence-corrected chi connectivity index (χ0v) is 21.7. The van der Waals surface area contributed by atoms with Crippen LogP contribution in [0.3, 0.4) is 0 Å². The van der Waals surface area contributed by atoms with E-state index in [4.69, 9.17) is 9.47 Å². The van der Waals surface area contributed by atoms with E-state index in [-0.39, 0.29) is 5.78 Å². The second-order valence-electron chi connectivity index (χ2n) is 9.31. The maximum Gasteiger partial charge on any atom is 0.193 e. The standard InChI is InChI=1S/C37H26O3/c38-37(29-19-23-31(24-20-29)39-35-17-9-7-15-33(35)27-11-3-1-4-12-27)30-21-25-32(26-22-30)40-36-18-10-8-16-34(36)28-13-5-2-6-14-28/h1-26H. The van der Waals surface area contributed by atoms with Crippen molar-refractivity contribution in [3.63, 3.8) is 0 Å². The van der Waals surface area contributed by atoms with Crippen LogP contribution in [0.25, 0.3) is 22.3 Å². The first kappa shape index (κ1) is 24.9. The molecule has 6 aromatic rings. The van der Waals surface area contributed by atoms with Gasteiger partial charge in [-0.3, -0.25) is 4.79 Å². The van der Waals surface area contributed by atoms with Crippen molar-refractivity contribution in [2.24, 2.45) is 0 Å². The van der Waals surface area contributed by atoms with Crippen LogP contribution < -0.4 is 9.47 Å².